The third-order valence-electron chi connectivity index (χ3n) is 3.62. The number of carbonyl (C=O) groups is 1. The number of hydrazine groups is 1. The van der Waals surface area contributed by atoms with Gasteiger partial charge in [-0.3, -0.25) is 10.2 Å². The maximum Gasteiger partial charge on any atom is 0.244 e. The van der Waals surface area contributed by atoms with E-state index in [2.05, 4.69) is 38.3 Å². The molecule has 1 aromatic carbocycles. The summed E-state index contributed by atoms with van der Waals surface area (Å²) in [5.41, 5.74) is 7.12. The van der Waals surface area contributed by atoms with Gasteiger partial charge in [0, 0.05) is 14.1 Å². The molecule has 0 spiro atoms. The van der Waals surface area contributed by atoms with Crippen molar-refractivity contribution in [1.82, 2.24) is 10.4 Å². The molecule has 0 saturated heterocycles. The van der Waals surface area contributed by atoms with E-state index in [4.69, 9.17) is 0 Å². The second-order valence-corrected chi connectivity index (χ2v) is 5.64. The second kappa shape index (κ2) is 5.11. The van der Waals surface area contributed by atoms with Crippen molar-refractivity contribution in [1.29, 1.82) is 0 Å². The maximum absolute atomic E-state index is 12.3. The van der Waals surface area contributed by atoms with Gasteiger partial charge < -0.3 is 0 Å². The monoisotopic (exact) mass is 248 g/mol. The summed E-state index contributed by atoms with van der Waals surface area (Å²) in [7, 11) is 3.64. The SMILES string of the molecule is Cc1ccc(C(C)(C)C(=O)NN(C)C)c(C)c1C. The molecule has 0 aromatic heterocycles. The molecule has 0 fully saturated rings. The molecule has 0 atom stereocenters. The van der Waals surface area contributed by atoms with Crippen LogP contribution in [0.5, 0.6) is 0 Å². The van der Waals surface area contributed by atoms with Gasteiger partial charge in [-0.05, 0) is 56.9 Å². The van der Waals surface area contributed by atoms with Gasteiger partial charge in [0.05, 0.1) is 5.41 Å². The van der Waals surface area contributed by atoms with Gasteiger partial charge in [-0.1, -0.05) is 12.1 Å². The standard InChI is InChI=1S/C15H24N2O/c1-10-8-9-13(12(3)11(10)2)15(4,5)14(18)16-17(6)7/h8-9H,1-7H3,(H,16,18). The van der Waals surface area contributed by atoms with E-state index in [1.165, 1.54) is 16.7 Å². The van der Waals surface area contributed by atoms with Crippen molar-refractivity contribution in [2.45, 2.75) is 40.0 Å². The van der Waals surface area contributed by atoms with Gasteiger partial charge in [0.15, 0.2) is 0 Å². The van der Waals surface area contributed by atoms with Crippen molar-refractivity contribution >= 4 is 5.91 Å². The normalized spacial score (nSPS) is 11.8. The number of nitrogens with zero attached hydrogens (tertiary/aromatic N) is 1. The average molecular weight is 248 g/mol. The fraction of sp³-hybridized carbons (Fsp3) is 0.533. The largest absolute Gasteiger partial charge is 0.289 e. The molecule has 18 heavy (non-hydrogen) atoms. The molecule has 1 aromatic rings. The van der Waals surface area contributed by atoms with Crippen LogP contribution in [0.3, 0.4) is 0 Å². The predicted octanol–water partition coefficient (Wildman–Crippen LogP) is 2.48. The third kappa shape index (κ3) is 2.72. The summed E-state index contributed by atoms with van der Waals surface area (Å²) in [5.74, 6) is 0.0128. The number of rotatable bonds is 3. The lowest BCUT2D eigenvalue weighted by Gasteiger charge is -2.28. The van der Waals surface area contributed by atoms with Gasteiger partial charge in [0.2, 0.25) is 5.91 Å². The lowest BCUT2D eigenvalue weighted by molar-refractivity contribution is -0.129. The Morgan fingerprint density at radius 2 is 1.67 bits per heavy atom. The summed E-state index contributed by atoms with van der Waals surface area (Å²) in [6.45, 7) is 10.2. The van der Waals surface area contributed by atoms with Crippen LogP contribution in [-0.2, 0) is 10.2 Å². The van der Waals surface area contributed by atoms with Crippen molar-refractivity contribution in [3.63, 3.8) is 0 Å². The molecule has 0 unspecified atom stereocenters. The summed E-state index contributed by atoms with van der Waals surface area (Å²) in [6, 6.07) is 4.15. The molecule has 0 saturated carbocycles. The van der Waals surface area contributed by atoms with E-state index >= 15 is 0 Å². The maximum atomic E-state index is 12.3. The molecule has 0 aliphatic rings. The quantitative estimate of drug-likeness (QED) is 0.834. The lowest BCUT2D eigenvalue weighted by atomic mass is 9.79. The highest BCUT2D eigenvalue weighted by Gasteiger charge is 2.31. The van der Waals surface area contributed by atoms with Crippen molar-refractivity contribution in [3.05, 3.63) is 34.4 Å². The lowest BCUT2D eigenvalue weighted by Crippen LogP contribution is -2.46. The highest BCUT2D eigenvalue weighted by Crippen LogP contribution is 2.29. The van der Waals surface area contributed by atoms with Crippen LogP contribution in [0, 0.1) is 20.8 Å². The fourth-order valence-corrected chi connectivity index (χ4v) is 2.10. The number of hydrogen-bond acceptors (Lipinski definition) is 2. The first-order valence-electron chi connectivity index (χ1n) is 6.23. The van der Waals surface area contributed by atoms with Crippen LogP contribution in [-0.4, -0.2) is 25.0 Å². The molecule has 0 bridgehead atoms. The molecule has 0 heterocycles. The van der Waals surface area contributed by atoms with Gasteiger partial charge in [0.25, 0.3) is 0 Å². The van der Waals surface area contributed by atoms with Gasteiger partial charge >= 0.3 is 0 Å². The molecule has 1 rings (SSSR count). The Hall–Kier alpha value is -1.35. The van der Waals surface area contributed by atoms with Crippen molar-refractivity contribution in [2.75, 3.05) is 14.1 Å². The molecule has 0 radical (unpaired) electrons. The van der Waals surface area contributed by atoms with Crippen LogP contribution >= 0.6 is 0 Å². The highest BCUT2D eigenvalue weighted by atomic mass is 16.2. The molecule has 0 aliphatic heterocycles. The minimum atomic E-state index is -0.535. The summed E-state index contributed by atoms with van der Waals surface area (Å²) >= 11 is 0. The zero-order valence-corrected chi connectivity index (χ0v) is 12.5. The average Bonchev–Trinajstić information content (AvgIpc) is 2.24. The smallest absolute Gasteiger partial charge is 0.244 e. The first-order valence-corrected chi connectivity index (χ1v) is 6.23. The van der Waals surface area contributed by atoms with Gasteiger partial charge in [-0.2, -0.15) is 0 Å². The van der Waals surface area contributed by atoms with Gasteiger partial charge in [0.1, 0.15) is 0 Å². The number of amides is 1. The topological polar surface area (TPSA) is 32.3 Å². The first kappa shape index (κ1) is 14.7. The number of nitrogens with one attached hydrogen (secondary N) is 1. The van der Waals surface area contributed by atoms with Crippen molar-refractivity contribution in [3.8, 4) is 0 Å². The number of carbonyl (C=O) groups excluding carboxylic acids is 1. The summed E-state index contributed by atoms with van der Waals surface area (Å²) < 4.78 is 0. The van der Waals surface area contributed by atoms with E-state index in [0.29, 0.717) is 0 Å². The van der Waals surface area contributed by atoms with Crippen LogP contribution in [0.25, 0.3) is 0 Å². The van der Waals surface area contributed by atoms with Crippen LogP contribution in [0.1, 0.15) is 36.1 Å². The predicted molar refractivity (Wildman–Crippen MR) is 75.5 cm³/mol. The highest BCUT2D eigenvalue weighted by molar-refractivity contribution is 5.87. The van der Waals surface area contributed by atoms with E-state index in [-0.39, 0.29) is 5.91 Å². The fourth-order valence-electron chi connectivity index (χ4n) is 2.10. The summed E-state index contributed by atoms with van der Waals surface area (Å²) in [6.07, 6.45) is 0. The molecule has 1 N–H and O–H groups in total. The Morgan fingerprint density at radius 3 is 2.17 bits per heavy atom. The second-order valence-electron chi connectivity index (χ2n) is 5.64. The zero-order valence-electron chi connectivity index (χ0n) is 12.5. The van der Waals surface area contributed by atoms with Crippen LogP contribution in [0.15, 0.2) is 12.1 Å². The van der Waals surface area contributed by atoms with E-state index < -0.39 is 5.41 Å². The van der Waals surface area contributed by atoms with Gasteiger partial charge in [-0.15, -0.1) is 0 Å². The van der Waals surface area contributed by atoms with E-state index in [1.54, 1.807) is 5.01 Å². The minimum absolute atomic E-state index is 0.0128. The molecular formula is C15H24N2O. The zero-order chi connectivity index (χ0) is 14.1. The van der Waals surface area contributed by atoms with E-state index in [1.807, 2.05) is 27.9 Å². The van der Waals surface area contributed by atoms with Crippen LogP contribution < -0.4 is 5.43 Å². The summed E-state index contributed by atoms with van der Waals surface area (Å²) in [5, 5.41) is 1.68. The Labute approximate surface area is 110 Å². The molecule has 1 amide bonds. The first-order chi connectivity index (χ1) is 8.17. The van der Waals surface area contributed by atoms with E-state index in [9.17, 15) is 4.79 Å². The summed E-state index contributed by atoms with van der Waals surface area (Å²) in [4.78, 5) is 12.3. The molecule has 3 nitrogen and oxygen atoms in total. The number of benzene rings is 1. The Balaban J connectivity index is 3.20. The van der Waals surface area contributed by atoms with Crippen molar-refractivity contribution < 1.29 is 4.79 Å². The minimum Gasteiger partial charge on any atom is -0.289 e. The Morgan fingerprint density at radius 1 is 1.11 bits per heavy atom. The van der Waals surface area contributed by atoms with Crippen LogP contribution in [0.4, 0.5) is 0 Å². The van der Waals surface area contributed by atoms with Gasteiger partial charge in [-0.25, -0.2) is 5.01 Å². The van der Waals surface area contributed by atoms with E-state index in [0.717, 1.165) is 5.56 Å². The number of aryl methyl sites for hydroxylation is 1. The Kier molecular flexibility index (Phi) is 4.17. The molecular weight excluding hydrogens is 224 g/mol. The molecule has 3 heteroatoms. The van der Waals surface area contributed by atoms with Crippen LogP contribution in [0.2, 0.25) is 0 Å². The molecule has 100 valence electrons. The van der Waals surface area contributed by atoms with Crippen molar-refractivity contribution in [2.24, 2.45) is 0 Å². The number of hydrogen-bond donors (Lipinski definition) is 1. The molecule has 0 aliphatic carbocycles. The third-order valence-corrected chi connectivity index (χ3v) is 3.62. The Bertz CT molecular complexity index is 462.